The van der Waals surface area contributed by atoms with Crippen LogP contribution >= 0.6 is 19.6 Å². The highest BCUT2D eigenvalue weighted by molar-refractivity contribution is 8.13. The third kappa shape index (κ3) is 7.11. The number of aromatic nitrogens is 2. The summed E-state index contributed by atoms with van der Waals surface area (Å²) in [5.74, 6) is 0.153. The first-order valence-corrected chi connectivity index (χ1v) is 14.1. The number of thioether (sulfide) groups is 1. The molecule has 1 aromatic heterocycles. The fourth-order valence-corrected chi connectivity index (χ4v) is 6.19. The Labute approximate surface area is 218 Å². The van der Waals surface area contributed by atoms with Gasteiger partial charge in [0, 0.05) is 24.9 Å². The molecule has 2 saturated heterocycles. The number of carbonyl (C=O) groups is 2. The van der Waals surface area contributed by atoms with E-state index in [9.17, 15) is 24.1 Å². The van der Waals surface area contributed by atoms with E-state index in [4.69, 9.17) is 28.8 Å². The Hall–Kier alpha value is -2.00. The topological polar surface area (TPSA) is 191 Å². The van der Waals surface area contributed by atoms with Crippen LogP contribution in [0.3, 0.4) is 0 Å². The van der Waals surface area contributed by atoms with Gasteiger partial charge in [-0.3, -0.25) is 22.9 Å². The molecule has 3 rings (SSSR count). The summed E-state index contributed by atoms with van der Waals surface area (Å²) in [4.78, 5) is 40.0. The van der Waals surface area contributed by atoms with E-state index in [1.54, 1.807) is 20.8 Å². The maximum atomic E-state index is 13.2. The number of amides is 1. The van der Waals surface area contributed by atoms with Crippen LogP contribution in [-0.4, -0.2) is 75.8 Å². The lowest BCUT2D eigenvalue weighted by Gasteiger charge is -2.30. The van der Waals surface area contributed by atoms with Gasteiger partial charge in [0.15, 0.2) is 11.3 Å². The van der Waals surface area contributed by atoms with Crippen LogP contribution in [0.5, 0.6) is 0 Å². The average Bonchev–Trinajstić information content (AvgIpc) is 2.94. The van der Waals surface area contributed by atoms with Gasteiger partial charge in [-0.1, -0.05) is 25.6 Å². The van der Waals surface area contributed by atoms with Crippen molar-refractivity contribution in [3.63, 3.8) is 0 Å². The number of phosphoric acid groups is 1. The number of aliphatic hydroxyl groups is 1. The second kappa shape index (κ2) is 11.8. The molecule has 16 heteroatoms. The van der Waals surface area contributed by atoms with Crippen molar-refractivity contribution < 1.29 is 42.3 Å². The van der Waals surface area contributed by atoms with Crippen LogP contribution in [0.25, 0.3) is 0 Å². The number of nitrogen functional groups attached to an aromatic ring is 1. The highest BCUT2D eigenvalue weighted by atomic mass is 32.2. The zero-order valence-electron chi connectivity index (χ0n) is 21.1. The van der Waals surface area contributed by atoms with Gasteiger partial charge in [-0.25, -0.2) is 14.2 Å². The summed E-state index contributed by atoms with van der Waals surface area (Å²) >= 11 is 0.943. The summed E-state index contributed by atoms with van der Waals surface area (Å²) in [6, 6.07) is 1.39. The van der Waals surface area contributed by atoms with Crippen LogP contribution in [0, 0.1) is 5.41 Å². The Bertz CT molecular complexity index is 1100. The van der Waals surface area contributed by atoms with E-state index >= 15 is 0 Å². The van der Waals surface area contributed by atoms with Gasteiger partial charge in [0.05, 0.1) is 31.3 Å². The Balaban J connectivity index is 1.57. The quantitative estimate of drug-likeness (QED) is 0.289. The van der Waals surface area contributed by atoms with Gasteiger partial charge in [-0.2, -0.15) is 4.98 Å². The number of ether oxygens (including phenoxy) is 2. The molecule has 1 unspecified atom stereocenters. The monoisotopic (exact) mass is 564 g/mol. The van der Waals surface area contributed by atoms with E-state index in [0.717, 1.165) is 16.3 Å². The Kier molecular flexibility index (Phi) is 9.43. The first-order chi connectivity index (χ1) is 17.3. The van der Waals surface area contributed by atoms with Gasteiger partial charge < -0.3 is 25.6 Å². The fraction of sp³-hybridized carbons (Fsp3) is 0.714. The zero-order valence-corrected chi connectivity index (χ0v) is 22.8. The van der Waals surface area contributed by atoms with Crippen LogP contribution in [0.15, 0.2) is 17.1 Å². The predicted octanol–water partition coefficient (Wildman–Crippen LogP) is 1.44. The van der Waals surface area contributed by atoms with Crippen LogP contribution < -0.4 is 16.7 Å². The SMILES string of the molecule is CCOC(=O)NCC(C)(C)C(=O)SCCOP1(=O)OCC[C@H]2O[C@@H](n3ccc(N)nc3=O)[C@](C)(O)[C@@H]2O1. The molecule has 208 valence electrons. The number of anilines is 1. The largest absolute Gasteiger partial charge is 0.475 e. The average molecular weight is 565 g/mol. The third-order valence-corrected chi connectivity index (χ3v) is 8.45. The summed E-state index contributed by atoms with van der Waals surface area (Å²) in [5, 5.41) is 13.5. The molecule has 0 bridgehead atoms. The molecule has 37 heavy (non-hydrogen) atoms. The molecule has 0 aromatic carbocycles. The van der Waals surface area contributed by atoms with Crippen LogP contribution in [0.4, 0.5) is 10.6 Å². The van der Waals surface area contributed by atoms with Gasteiger partial charge in [0.25, 0.3) is 0 Å². The Morgan fingerprint density at radius 1 is 1.46 bits per heavy atom. The van der Waals surface area contributed by atoms with Crippen molar-refractivity contribution in [3.05, 3.63) is 22.7 Å². The number of phosphoric ester groups is 1. The van der Waals surface area contributed by atoms with E-state index in [2.05, 4.69) is 10.3 Å². The van der Waals surface area contributed by atoms with Crippen molar-refractivity contribution in [2.75, 3.05) is 37.9 Å². The normalized spacial score (nSPS) is 29.8. The van der Waals surface area contributed by atoms with Crippen LogP contribution in [0.1, 0.15) is 40.3 Å². The summed E-state index contributed by atoms with van der Waals surface area (Å²) in [6.07, 6.45) is -2.10. The van der Waals surface area contributed by atoms with Crippen molar-refractivity contribution >= 4 is 36.6 Å². The number of carbonyl (C=O) groups excluding carboxylic acids is 2. The molecule has 1 aromatic rings. The lowest BCUT2D eigenvalue weighted by Crippen LogP contribution is -2.46. The van der Waals surface area contributed by atoms with Crippen molar-refractivity contribution in [3.8, 4) is 0 Å². The van der Waals surface area contributed by atoms with Crippen molar-refractivity contribution in [2.24, 2.45) is 5.41 Å². The zero-order chi connectivity index (χ0) is 27.4. The van der Waals surface area contributed by atoms with Crippen molar-refractivity contribution in [1.29, 1.82) is 0 Å². The second-order valence-electron chi connectivity index (χ2n) is 9.32. The molecule has 0 aliphatic carbocycles. The molecule has 0 saturated carbocycles. The van der Waals surface area contributed by atoms with E-state index in [0.29, 0.717) is 0 Å². The first-order valence-electron chi connectivity index (χ1n) is 11.7. The predicted molar refractivity (Wildman–Crippen MR) is 133 cm³/mol. The third-order valence-electron chi connectivity index (χ3n) is 5.78. The van der Waals surface area contributed by atoms with E-state index < -0.39 is 49.1 Å². The second-order valence-corrected chi connectivity index (χ2v) is 12.0. The number of rotatable bonds is 9. The Morgan fingerprint density at radius 2 is 2.19 bits per heavy atom. The molecule has 4 N–H and O–H groups in total. The fourth-order valence-electron chi connectivity index (χ4n) is 3.78. The van der Waals surface area contributed by atoms with Gasteiger partial charge in [-0.15, -0.1) is 0 Å². The summed E-state index contributed by atoms with van der Waals surface area (Å²) in [5.41, 5.74) is 2.14. The lowest BCUT2D eigenvalue weighted by molar-refractivity contribution is -0.117. The summed E-state index contributed by atoms with van der Waals surface area (Å²) in [6.45, 7) is 6.52. The summed E-state index contributed by atoms with van der Waals surface area (Å²) in [7, 11) is -4.14. The minimum Gasteiger partial charge on any atom is -0.450 e. The molecule has 0 spiro atoms. The molecule has 14 nitrogen and oxygen atoms in total. The molecule has 2 aliphatic heterocycles. The van der Waals surface area contributed by atoms with Crippen molar-refractivity contribution in [2.45, 2.75) is 58.2 Å². The Morgan fingerprint density at radius 3 is 2.86 bits per heavy atom. The molecule has 5 atom stereocenters. The van der Waals surface area contributed by atoms with E-state index in [1.807, 2.05) is 0 Å². The number of fused-ring (bicyclic) bond motifs is 1. The lowest BCUT2D eigenvalue weighted by atomic mass is 9.95. The number of nitrogens with one attached hydrogen (secondary N) is 1. The molecular weight excluding hydrogens is 531 g/mol. The number of nitrogens with zero attached hydrogens (tertiary/aromatic N) is 2. The van der Waals surface area contributed by atoms with Gasteiger partial charge in [-0.05, 0) is 19.9 Å². The maximum absolute atomic E-state index is 13.2. The number of hydrogen-bond donors (Lipinski definition) is 3. The molecule has 0 radical (unpaired) electrons. The van der Waals surface area contributed by atoms with Crippen LogP contribution in [-0.2, 0) is 32.4 Å². The minimum absolute atomic E-state index is 0.0191. The van der Waals surface area contributed by atoms with E-state index in [1.165, 1.54) is 19.2 Å². The number of hydrogen-bond acceptors (Lipinski definition) is 13. The van der Waals surface area contributed by atoms with Gasteiger partial charge >= 0.3 is 19.6 Å². The van der Waals surface area contributed by atoms with Gasteiger partial charge in [0.1, 0.15) is 17.5 Å². The maximum Gasteiger partial charge on any atom is 0.475 e. The van der Waals surface area contributed by atoms with Crippen LogP contribution in [0.2, 0.25) is 0 Å². The minimum atomic E-state index is -4.14. The number of alkyl carbamates (subject to hydrolysis) is 1. The molecule has 3 heterocycles. The molecule has 2 aliphatic rings. The molecule has 2 fully saturated rings. The molecule has 1 amide bonds. The molecular formula is C21H33N4O10PS. The highest BCUT2D eigenvalue weighted by Gasteiger charge is 2.58. The summed E-state index contributed by atoms with van der Waals surface area (Å²) < 4.78 is 41.4. The standard InChI is InChI=1S/C21H33N4O10PS/c1-5-31-19(28)23-12-20(2,3)17(26)37-11-10-33-36(30)32-9-7-13-15(35-36)21(4,29)16(34-13)25-8-6-14(22)24-18(25)27/h6,8,13,15-16,29H,5,7,9-12H2,1-4H3,(H,23,28)(H2,22,24,27)/t13-,15-,16-,21-,36?/m1/s1. The highest BCUT2D eigenvalue weighted by Crippen LogP contribution is 2.57. The first kappa shape index (κ1) is 29.6. The van der Waals surface area contributed by atoms with Gasteiger partial charge in [0.2, 0.25) is 0 Å². The van der Waals surface area contributed by atoms with Crippen molar-refractivity contribution in [1.82, 2.24) is 14.9 Å². The smallest absolute Gasteiger partial charge is 0.450 e. The van der Waals surface area contributed by atoms with E-state index in [-0.39, 0.29) is 49.5 Å². The number of nitrogens with two attached hydrogens (primary N) is 1.